The van der Waals surface area contributed by atoms with Crippen molar-refractivity contribution in [3.05, 3.63) is 35.1 Å². The van der Waals surface area contributed by atoms with Crippen LogP contribution >= 0.6 is 0 Å². The second kappa shape index (κ2) is 6.65. The minimum atomic E-state index is -0.491. The fourth-order valence-electron chi connectivity index (χ4n) is 2.23. The van der Waals surface area contributed by atoms with E-state index in [0.29, 0.717) is 31.8 Å². The summed E-state index contributed by atoms with van der Waals surface area (Å²) in [7, 11) is 0. The van der Waals surface area contributed by atoms with Gasteiger partial charge in [-0.25, -0.2) is 4.39 Å². The first-order valence-electron chi connectivity index (χ1n) is 6.35. The van der Waals surface area contributed by atoms with E-state index in [9.17, 15) is 4.39 Å². The third-order valence-corrected chi connectivity index (χ3v) is 3.28. The zero-order valence-corrected chi connectivity index (χ0v) is 11.0. The Morgan fingerprint density at radius 3 is 3.05 bits per heavy atom. The number of hydrogen-bond donors (Lipinski definition) is 3. The lowest BCUT2D eigenvalue weighted by atomic mass is 10.1. The van der Waals surface area contributed by atoms with Crippen LogP contribution in [0.3, 0.4) is 0 Å². The van der Waals surface area contributed by atoms with Gasteiger partial charge in [-0.1, -0.05) is 17.3 Å². The number of aliphatic hydroxyl groups is 1. The molecule has 2 rings (SSSR count). The lowest BCUT2D eigenvalue weighted by molar-refractivity contribution is -0.0553. The van der Waals surface area contributed by atoms with Gasteiger partial charge in [0.25, 0.3) is 0 Å². The van der Waals surface area contributed by atoms with E-state index >= 15 is 0 Å². The third kappa shape index (κ3) is 3.24. The van der Waals surface area contributed by atoms with Crippen LogP contribution in [0.25, 0.3) is 0 Å². The van der Waals surface area contributed by atoms with Crippen LogP contribution < -0.4 is 5.73 Å². The van der Waals surface area contributed by atoms with Gasteiger partial charge in [-0.05, 0) is 6.07 Å². The molecule has 0 radical (unpaired) electrons. The summed E-state index contributed by atoms with van der Waals surface area (Å²) in [4.78, 5) is 2.00. The average molecular weight is 283 g/mol. The molecule has 0 saturated carbocycles. The minimum Gasteiger partial charge on any atom is -0.409 e. The summed E-state index contributed by atoms with van der Waals surface area (Å²) in [6, 6.07) is 4.78. The Morgan fingerprint density at radius 2 is 2.35 bits per heavy atom. The third-order valence-electron chi connectivity index (χ3n) is 3.28. The smallest absolute Gasteiger partial charge is 0.173 e. The maximum absolute atomic E-state index is 14.3. The van der Waals surface area contributed by atoms with Crippen molar-refractivity contribution in [2.45, 2.75) is 12.6 Å². The topological polar surface area (TPSA) is 91.3 Å². The van der Waals surface area contributed by atoms with Gasteiger partial charge in [-0.15, -0.1) is 0 Å². The molecule has 0 aromatic heterocycles. The summed E-state index contributed by atoms with van der Waals surface area (Å²) in [5.41, 5.74) is 5.98. The highest BCUT2D eigenvalue weighted by atomic mass is 19.1. The van der Waals surface area contributed by atoms with Crippen LogP contribution in [-0.2, 0) is 11.3 Å². The van der Waals surface area contributed by atoms with Gasteiger partial charge in [0, 0.05) is 25.2 Å². The second-order valence-corrected chi connectivity index (χ2v) is 4.67. The van der Waals surface area contributed by atoms with E-state index < -0.39 is 5.82 Å². The highest BCUT2D eigenvalue weighted by molar-refractivity contribution is 5.97. The van der Waals surface area contributed by atoms with Crippen molar-refractivity contribution in [2.24, 2.45) is 10.9 Å². The molecule has 1 aliphatic heterocycles. The van der Waals surface area contributed by atoms with Gasteiger partial charge in [0.15, 0.2) is 5.84 Å². The minimum absolute atomic E-state index is 0.0524. The number of nitrogens with zero attached hydrogens (tertiary/aromatic N) is 2. The van der Waals surface area contributed by atoms with Gasteiger partial charge < -0.3 is 20.8 Å². The van der Waals surface area contributed by atoms with E-state index in [1.807, 2.05) is 4.90 Å². The van der Waals surface area contributed by atoms with E-state index in [1.54, 1.807) is 12.1 Å². The SMILES string of the molecule is N/C(=N/O)c1cccc(CN2CCOC(CO)C2)c1F. The van der Waals surface area contributed by atoms with Crippen molar-refractivity contribution in [1.29, 1.82) is 0 Å². The molecule has 7 heteroatoms. The van der Waals surface area contributed by atoms with Crippen LogP contribution in [0.1, 0.15) is 11.1 Å². The van der Waals surface area contributed by atoms with E-state index in [-0.39, 0.29) is 24.1 Å². The molecule has 1 aromatic carbocycles. The Kier molecular flexibility index (Phi) is 4.89. The molecule has 0 bridgehead atoms. The number of ether oxygens (including phenoxy) is 1. The van der Waals surface area contributed by atoms with Crippen molar-refractivity contribution in [2.75, 3.05) is 26.3 Å². The lowest BCUT2D eigenvalue weighted by Gasteiger charge is -2.32. The molecule has 1 atom stereocenters. The standard InChI is InChI=1S/C13H18FN3O3/c14-12-9(2-1-3-11(12)13(15)16-19)6-17-4-5-20-10(7-17)8-18/h1-3,10,18-19H,4-8H2,(H2,15,16). The normalized spacial score (nSPS) is 21.1. The quantitative estimate of drug-likeness (QED) is 0.316. The number of halogens is 1. The number of oxime groups is 1. The molecule has 0 spiro atoms. The van der Waals surface area contributed by atoms with E-state index in [1.165, 1.54) is 6.07 Å². The number of hydrogen-bond acceptors (Lipinski definition) is 5. The van der Waals surface area contributed by atoms with Crippen LogP contribution in [0.2, 0.25) is 0 Å². The largest absolute Gasteiger partial charge is 0.409 e. The van der Waals surface area contributed by atoms with Crippen LogP contribution in [0.15, 0.2) is 23.4 Å². The maximum Gasteiger partial charge on any atom is 0.173 e. The first-order chi connectivity index (χ1) is 9.65. The summed E-state index contributed by atoms with van der Waals surface area (Å²) < 4.78 is 19.6. The molecule has 1 fully saturated rings. The molecule has 4 N–H and O–H groups in total. The van der Waals surface area contributed by atoms with Crippen molar-refractivity contribution < 1.29 is 19.4 Å². The molecule has 0 amide bonds. The molecule has 1 saturated heterocycles. The zero-order valence-electron chi connectivity index (χ0n) is 11.0. The Labute approximate surface area is 116 Å². The first kappa shape index (κ1) is 14.7. The van der Waals surface area contributed by atoms with Gasteiger partial charge in [-0.3, -0.25) is 4.90 Å². The second-order valence-electron chi connectivity index (χ2n) is 4.67. The summed E-state index contributed by atoms with van der Waals surface area (Å²) in [5.74, 6) is -0.741. The van der Waals surface area contributed by atoms with Gasteiger partial charge in [0.1, 0.15) is 5.82 Å². The highest BCUT2D eigenvalue weighted by Gasteiger charge is 2.21. The van der Waals surface area contributed by atoms with Crippen molar-refractivity contribution in [3.8, 4) is 0 Å². The lowest BCUT2D eigenvalue weighted by Crippen LogP contribution is -2.43. The summed E-state index contributed by atoms with van der Waals surface area (Å²) >= 11 is 0. The monoisotopic (exact) mass is 283 g/mol. The van der Waals surface area contributed by atoms with Crippen molar-refractivity contribution >= 4 is 5.84 Å². The summed E-state index contributed by atoms with van der Waals surface area (Å²) in [5, 5.41) is 20.5. The van der Waals surface area contributed by atoms with Crippen LogP contribution in [-0.4, -0.2) is 53.5 Å². The number of aliphatic hydroxyl groups excluding tert-OH is 1. The molecule has 1 aromatic rings. The molecule has 1 unspecified atom stereocenters. The molecule has 6 nitrogen and oxygen atoms in total. The van der Waals surface area contributed by atoms with E-state index in [4.69, 9.17) is 20.8 Å². The number of rotatable bonds is 4. The number of morpholine rings is 1. The van der Waals surface area contributed by atoms with Crippen molar-refractivity contribution in [3.63, 3.8) is 0 Å². The Morgan fingerprint density at radius 1 is 1.55 bits per heavy atom. The first-order valence-corrected chi connectivity index (χ1v) is 6.35. The average Bonchev–Trinajstić information content (AvgIpc) is 2.49. The number of nitrogens with two attached hydrogens (primary N) is 1. The molecule has 1 heterocycles. The molecular weight excluding hydrogens is 265 g/mol. The Hall–Kier alpha value is -1.70. The van der Waals surface area contributed by atoms with Crippen LogP contribution in [0, 0.1) is 5.82 Å². The predicted molar refractivity (Wildman–Crippen MR) is 71.0 cm³/mol. The Bertz CT molecular complexity index is 496. The summed E-state index contributed by atoms with van der Waals surface area (Å²) in [6.07, 6.45) is -0.237. The molecule has 110 valence electrons. The fourth-order valence-corrected chi connectivity index (χ4v) is 2.23. The molecule has 20 heavy (non-hydrogen) atoms. The Balaban J connectivity index is 2.13. The van der Waals surface area contributed by atoms with Crippen LogP contribution in [0.5, 0.6) is 0 Å². The molecule has 1 aliphatic rings. The van der Waals surface area contributed by atoms with Gasteiger partial charge >= 0.3 is 0 Å². The van der Waals surface area contributed by atoms with Gasteiger partial charge in [0.2, 0.25) is 0 Å². The highest BCUT2D eigenvalue weighted by Crippen LogP contribution is 2.16. The number of benzene rings is 1. The van der Waals surface area contributed by atoms with Crippen LogP contribution in [0.4, 0.5) is 4.39 Å². The van der Waals surface area contributed by atoms with E-state index in [0.717, 1.165) is 0 Å². The van der Waals surface area contributed by atoms with Crippen molar-refractivity contribution in [1.82, 2.24) is 4.90 Å². The maximum atomic E-state index is 14.3. The van der Waals surface area contributed by atoms with E-state index in [2.05, 4.69) is 5.16 Å². The van der Waals surface area contributed by atoms with Gasteiger partial charge in [0.05, 0.1) is 24.9 Å². The number of amidine groups is 1. The fraction of sp³-hybridized carbons (Fsp3) is 0.462. The zero-order chi connectivity index (χ0) is 14.5. The van der Waals surface area contributed by atoms with Gasteiger partial charge in [-0.2, -0.15) is 0 Å². The molecular formula is C13H18FN3O3. The predicted octanol–water partition coefficient (Wildman–Crippen LogP) is 0.113. The summed E-state index contributed by atoms with van der Waals surface area (Å²) in [6.45, 7) is 2.06. The molecule has 0 aliphatic carbocycles.